The van der Waals surface area contributed by atoms with Crippen molar-refractivity contribution in [2.75, 3.05) is 157 Å². The molecular weight excluding hydrogens is 868 g/mol. The van der Waals surface area contributed by atoms with Gasteiger partial charge in [0.25, 0.3) is 0 Å². The van der Waals surface area contributed by atoms with Crippen LogP contribution in [0.1, 0.15) is 50.6 Å². The maximum atomic E-state index is 12.3. The minimum Gasteiger partial charge on any atom is -0.380 e. The van der Waals surface area contributed by atoms with Gasteiger partial charge in [-0.25, -0.2) is 9.48 Å². The zero-order valence-electron chi connectivity index (χ0n) is 37.0. The molecule has 2 aliphatic heterocycles. The predicted molar refractivity (Wildman–Crippen MR) is 234 cm³/mol. The Morgan fingerprint density at radius 3 is 1.81 bits per heavy atom. The number of urea groups is 1. The summed E-state index contributed by atoms with van der Waals surface area (Å²) in [6.45, 7) is 10.9. The first-order valence-corrected chi connectivity index (χ1v) is 23.9. The summed E-state index contributed by atoms with van der Waals surface area (Å²) in [4.78, 5) is 35.7. The van der Waals surface area contributed by atoms with E-state index in [-0.39, 0.29) is 36.2 Å². The Morgan fingerprint density at radius 1 is 0.651 bits per heavy atom. The minimum absolute atomic E-state index is 0.0581. The Kier molecular flexibility index (Phi) is 34.1. The van der Waals surface area contributed by atoms with Gasteiger partial charge in [0.1, 0.15) is 11.5 Å². The molecule has 3 rings (SSSR count). The second-order valence-electron chi connectivity index (χ2n) is 14.4. The number of fused-ring (bicyclic) bond motifs is 1. The third kappa shape index (κ3) is 29.8. The van der Waals surface area contributed by atoms with Crippen molar-refractivity contribution in [2.45, 2.75) is 75.4 Å². The van der Waals surface area contributed by atoms with Crippen LogP contribution in [0.2, 0.25) is 0 Å². The van der Waals surface area contributed by atoms with Crippen LogP contribution < -0.4 is 16.0 Å². The number of nitrogens with one attached hydrogen (secondary N) is 3. The molecule has 63 heavy (non-hydrogen) atoms. The fraction of sp³-hybridized carbons (Fsp3) is 0.878. The number of alkyl halides is 1. The smallest absolute Gasteiger partial charge is 0.315 e. The number of carbonyl (C=O) groups excluding carboxylic acids is 3. The number of nitrogens with zero attached hydrogens (tertiary/aromatic N) is 3. The number of aromatic nitrogens is 3. The molecule has 0 unspecified atom stereocenters. The lowest BCUT2D eigenvalue weighted by Gasteiger charge is -2.16. The Labute approximate surface area is 381 Å². The summed E-state index contributed by atoms with van der Waals surface area (Å²) in [5.74, 6) is 1.62. The van der Waals surface area contributed by atoms with Gasteiger partial charge in [-0.2, -0.15) is 11.8 Å². The number of amides is 3. The minimum atomic E-state index is -0.0976. The largest absolute Gasteiger partial charge is 0.380 e. The summed E-state index contributed by atoms with van der Waals surface area (Å²) < 4.78 is 62.0. The summed E-state index contributed by atoms with van der Waals surface area (Å²) in [7, 11) is 0. The molecule has 1 aromatic heterocycles. The van der Waals surface area contributed by atoms with E-state index in [2.05, 4.69) is 26.3 Å². The first-order chi connectivity index (χ1) is 31.0. The molecule has 0 saturated carbocycles. The van der Waals surface area contributed by atoms with Gasteiger partial charge in [0, 0.05) is 49.3 Å². The molecule has 0 aliphatic carbocycles. The number of hydrogen-bond donors (Lipinski definition) is 3. The summed E-state index contributed by atoms with van der Waals surface area (Å²) in [5, 5.41) is 17.5. The number of carbonyl (C=O) groups is 3. The molecule has 364 valence electrons. The maximum Gasteiger partial charge on any atom is 0.315 e. The Balaban J connectivity index is 0.950. The summed E-state index contributed by atoms with van der Waals surface area (Å²) >= 11 is 7.43. The molecule has 0 bridgehead atoms. The number of halogens is 1. The second kappa shape index (κ2) is 39.0. The standard InChI is InChI=1S/C41H73ClN6O14S/c42-8-13-54-17-20-57-23-26-59-27-24-58-21-18-55-14-9-43-39(50)7-12-53-16-19-56-22-25-60-28-29-61-30-31-62-33-35-32-48(47-46-35)10-15-52-11-3-5-36(49)4-1-2-6-38-40-37(34-63-38)44-41(51)45-40/h32,37-38,40H,1-31,33-34H2,(H,43,50)(H2,44,45,51)/t37-,38+,40-/m1/s1. The number of thioether (sulfide) groups is 1. The Bertz CT molecular complexity index is 1300. The van der Waals surface area contributed by atoms with Crippen LogP contribution >= 0.6 is 23.4 Å². The fourth-order valence-electron chi connectivity index (χ4n) is 6.19. The van der Waals surface area contributed by atoms with Crippen LogP contribution in [0.15, 0.2) is 6.20 Å². The molecule has 0 aromatic carbocycles. The SMILES string of the molecule is O=C(CCCC[C@@H]1SC[C@H]2NC(=O)N[C@@H]12)CCCOCCn1cc(COCCOCCOCCOCCOCCC(=O)NCCOCCOCCOCCOCCOCCCl)nn1. The van der Waals surface area contributed by atoms with Crippen molar-refractivity contribution < 1.29 is 66.5 Å². The third-order valence-electron chi connectivity index (χ3n) is 9.42. The van der Waals surface area contributed by atoms with Crippen LogP contribution in [-0.4, -0.2) is 207 Å². The molecule has 22 heteroatoms. The Morgan fingerprint density at radius 2 is 1.19 bits per heavy atom. The van der Waals surface area contributed by atoms with E-state index < -0.39 is 0 Å². The quantitative estimate of drug-likeness (QED) is 0.0482. The highest BCUT2D eigenvalue weighted by Gasteiger charge is 2.42. The van der Waals surface area contributed by atoms with Crippen LogP contribution in [0.5, 0.6) is 0 Å². The van der Waals surface area contributed by atoms with Crippen LogP contribution in [0.3, 0.4) is 0 Å². The fourth-order valence-corrected chi connectivity index (χ4v) is 7.84. The molecule has 3 amide bonds. The van der Waals surface area contributed by atoms with Gasteiger partial charge in [-0.1, -0.05) is 11.6 Å². The third-order valence-corrected chi connectivity index (χ3v) is 11.1. The van der Waals surface area contributed by atoms with E-state index >= 15 is 0 Å². The average Bonchev–Trinajstić information content (AvgIpc) is 4.00. The van der Waals surface area contributed by atoms with Crippen LogP contribution in [0.25, 0.3) is 0 Å². The molecule has 0 spiro atoms. The van der Waals surface area contributed by atoms with Crippen LogP contribution in [-0.2, 0) is 74.8 Å². The summed E-state index contributed by atoms with van der Waals surface area (Å²) in [6, 6.07) is 0.413. The van der Waals surface area contributed by atoms with E-state index in [1.807, 2.05) is 18.0 Å². The lowest BCUT2D eigenvalue weighted by molar-refractivity contribution is -0.122. The van der Waals surface area contributed by atoms with E-state index in [0.717, 1.165) is 30.7 Å². The van der Waals surface area contributed by atoms with Gasteiger partial charge >= 0.3 is 6.03 Å². The van der Waals surface area contributed by atoms with Gasteiger partial charge in [-0.05, 0) is 19.3 Å². The van der Waals surface area contributed by atoms with Crippen molar-refractivity contribution >= 4 is 41.1 Å². The molecule has 2 aliphatic rings. The van der Waals surface area contributed by atoms with E-state index in [9.17, 15) is 14.4 Å². The number of ketones is 1. The van der Waals surface area contributed by atoms with Crippen LogP contribution in [0.4, 0.5) is 4.79 Å². The molecular formula is C41H73ClN6O14S. The van der Waals surface area contributed by atoms with E-state index in [0.29, 0.717) is 189 Å². The highest BCUT2D eigenvalue weighted by Crippen LogP contribution is 2.33. The van der Waals surface area contributed by atoms with Crippen molar-refractivity contribution in [1.29, 1.82) is 0 Å². The number of hydrogen-bond acceptors (Lipinski definition) is 17. The monoisotopic (exact) mass is 940 g/mol. The van der Waals surface area contributed by atoms with Crippen LogP contribution in [0, 0.1) is 0 Å². The molecule has 2 saturated heterocycles. The van der Waals surface area contributed by atoms with Crippen molar-refractivity contribution in [3.63, 3.8) is 0 Å². The zero-order chi connectivity index (χ0) is 44.7. The lowest BCUT2D eigenvalue weighted by Crippen LogP contribution is -2.36. The van der Waals surface area contributed by atoms with Gasteiger partial charge < -0.3 is 68.1 Å². The molecule has 3 atom stereocenters. The first-order valence-electron chi connectivity index (χ1n) is 22.3. The lowest BCUT2D eigenvalue weighted by atomic mass is 10.0. The van der Waals surface area contributed by atoms with Crippen molar-refractivity contribution in [3.8, 4) is 0 Å². The van der Waals surface area contributed by atoms with E-state index in [4.69, 9.17) is 63.7 Å². The Hall–Kier alpha value is -2.25. The van der Waals surface area contributed by atoms with E-state index in [1.54, 1.807) is 4.68 Å². The molecule has 1 aromatic rings. The molecule has 3 heterocycles. The summed E-state index contributed by atoms with van der Waals surface area (Å²) in [6.07, 6.45) is 6.86. The van der Waals surface area contributed by atoms with E-state index in [1.165, 1.54) is 0 Å². The predicted octanol–water partition coefficient (Wildman–Crippen LogP) is 1.78. The number of Topliss-reactive ketones (excluding diaryl/α,β-unsaturated/α-hetero) is 1. The average molecular weight is 942 g/mol. The van der Waals surface area contributed by atoms with Crippen molar-refractivity contribution in [3.05, 3.63) is 11.9 Å². The van der Waals surface area contributed by atoms with Gasteiger partial charge in [0.2, 0.25) is 5.91 Å². The second-order valence-corrected chi connectivity index (χ2v) is 16.1. The molecule has 2 fully saturated rings. The summed E-state index contributed by atoms with van der Waals surface area (Å²) in [5.41, 5.74) is 0.727. The van der Waals surface area contributed by atoms with Gasteiger partial charge in [-0.3, -0.25) is 9.59 Å². The van der Waals surface area contributed by atoms with Crippen molar-refractivity contribution in [1.82, 2.24) is 30.9 Å². The zero-order valence-corrected chi connectivity index (χ0v) is 38.6. The first kappa shape index (κ1) is 55.1. The molecule has 20 nitrogen and oxygen atoms in total. The van der Waals surface area contributed by atoms with Gasteiger partial charge in [0.15, 0.2) is 0 Å². The highest BCUT2D eigenvalue weighted by atomic mass is 35.5. The van der Waals surface area contributed by atoms with Gasteiger partial charge in [-0.15, -0.1) is 16.7 Å². The number of unbranched alkanes of at least 4 members (excludes halogenated alkanes) is 1. The molecule has 0 radical (unpaired) electrons. The van der Waals surface area contributed by atoms with Crippen molar-refractivity contribution in [2.24, 2.45) is 0 Å². The normalized spacial score (nSPS) is 17.0. The maximum absolute atomic E-state index is 12.3. The number of ether oxygens (including phenoxy) is 11. The van der Waals surface area contributed by atoms with Gasteiger partial charge in [0.05, 0.1) is 164 Å². The number of rotatable bonds is 46. The topological polar surface area (TPSA) is 220 Å². The highest BCUT2D eigenvalue weighted by molar-refractivity contribution is 8.00. The molecule has 3 N–H and O–H groups in total.